The third kappa shape index (κ3) is 4.24. The summed E-state index contributed by atoms with van der Waals surface area (Å²) in [6, 6.07) is 6.96. The van der Waals surface area contributed by atoms with E-state index < -0.39 is 5.82 Å². The fourth-order valence-corrected chi connectivity index (χ4v) is 5.44. The molecule has 1 saturated heterocycles. The zero-order valence-electron chi connectivity index (χ0n) is 18.4. The second-order valence-corrected chi connectivity index (χ2v) is 9.91. The number of aromatic nitrogens is 2. The van der Waals surface area contributed by atoms with E-state index in [0.717, 1.165) is 18.4 Å². The summed E-state index contributed by atoms with van der Waals surface area (Å²) in [4.78, 5) is 11.2. The van der Waals surface area contributed by atoms with E-state index in [1.54, 1.807) is 19.2 Å². The predicted octanol–water partition coefficient (Wildman–Crippen LogP) is 5.90. The lowest BCUT2D eigenvalue weighted by Crippen LogP contribution is -2.39. The van der Waals surface area contributed by atoms with Crippen molar-refractivity contribution in [3.05, 3.63) is 45.9 Å². The third-order valence-electron chi connectivity index (χ3n) is 6.89. The van der Waals surface area contributed by atoms with Crippen LogP contribution >= 0.6 is 27.5 Å². The highest BCUT2D eigenvalue weighted by molar-refractivity contribution is 9.10. The van der Waals surface area contributed by atoms with Crippen molar-refractivity contribution < 1.29 is 13.9 Å². The molecule has 1 N–H and O–H groups in total. The Kier molecular flexibility index (Phi) is 6.33. The number of hydrogen-bond acceptors (Lipinski definition) is 6. The van der Waals surface area contributed by atoms with Crippen molar-refractivity contribution in [3.8, 4) is 11.5 Å². The van der Waals surface area contributed by atoms with E-state index in [9.17, 15) is 4.39 Å². The van der Waals surface area contributed by atoms with Crippen LogP contribution in [0.5, 0.6) is 11.5 Å². The molecule has 0 unspecified atom stereocenters. The first-order valence-corrected chi connectivity index (χ1v) is 12.2. The van der Waals surface area contributed by atoms with Crippen LogP contribution in [0.25, 0.3) is 10.9 Å². The number of ether oxygens (including phenoxy) is 2. The second-order valence-electron chi connectivity index (χ2n) is 8.67. The average molecular weight is 536 g/mol. The minimum absolute atomic E-state index is 0.00850. The van der Waals surface area contributed by atoms with E-state index in [0.29, 0.717) is 45.2 Å². The molecule has 0 amide bonds. The van der Waals surface area contributed by atoms with E-state index in [4.69, 9.17) is 21.1 Å². The summed E-state index contributed by atoms with van der Waals surface area (Å²) in [7, 11) is 1.61. The van der Waals surface area contributed by atoms with Gasteiger partial charge in [-0.05, 0) is 64.8 Å². The van der Waals surface area contributed by atoms with Gasteiger partial charge in [0.15, 0.2) is 17.3 Å². The Labute approximate surface area is 205 Å². The lowest BCUT2D eigenvalue weighted by molar-refractivity contribution is 0.0668. The first-order chi connectivity index (χ1) is 16.0. The van der Waals surface area contributed by atoms with Gasteiger partial charge >= 0.3 is 0 Å². The van der Waals surface area contributed by atoms with E-state index >= 15 is 0 Å². The Morgan fingerprint density at radius 1 is 1.24 bits per heavy atom. The highest BCUT2D eigenvalue weighted by Gasteiger charge is 2.46. The monoisotopic (exact) mass is 534 g/mol. The summed E-state index contributed by atoms with van der Waals surface area (Å²) >= 11 is 9.26. The van der Waals surface area contributed by atoms with Crippen LogP contribution in [0.1, 0.15) is 13.3 Å². The average Bonchev–Trinajstić information content (AvgIpc) is 3.15. The number of likely N-dealkylation sites (tertiary alicyclic amines) is 1. The molecule has 1 aliphatic carbocycles. The number of methoxy groups -OCH3 is 1. The van der Waals surface area contributed by atoms with E-state index in [2.05, 4.69) is 43.0 Å². The summed E-state index contributed by atoms with van der Waals surface area (Å²) in [5, 5.41) is 3.73. The van der Waals surface area contributed by atoms with Gasteiger partial charge in [-0.2, -0.15) is 0 Å². The van der Waals surface area contributed by atoms with Gasteiger partial charge in [-0.3, -0.25) is 0 Å². The number of benzene rings is 2. The molecule has 0 spiro atoms. The van der Waals surface area contributed by atoms with Crippen LogP contribution in [0.4, 0.5) is 15.9 Å². The van der Waals surface area contributed by atoms with Crippen LogP contribution in [0.15, 0.2) is 35.1 Å². The first kappa shape index (κ1) is 22.6. The van der Waals surface area contributed by atoms with Crippen LogP contribution in [-0.2, 0) is 0 Å². The van der Waals surface area contributed by atoms with Gasteiger partial charge < -0.3 is 19.7 Å². The lowest BCUT2D eigenvalue weighted by Gasteiger charge is -2.39. The first-order valence-electron chi connectivity index (χ1n) is 11.1. The number of rotatable bonds is 7. The number of anilines is 2. The summed E-state index contributed by atoms with van der Waals surface area (Å²) in [6.07, 6.45) is 2.66. The van der Waals surface area contributed by atoms with Crippen molar-refractivity contribution in [2.24, 2.45) is 17.8 Å². The molecule has 0 radical (unpaired) electrons. The molecule has 2 heterocycles. The van der Waals surface area contributed by atoms with Crippen LogP contribution < -0.4 is 14.8 Å². The van der Waals surface area contributed by atoms with Gasteiger partial charge in [0.1, 0.15) is 12.1 Å². The molecule has 1 saturated carbocycles. The molecule has 2 aliphatic rings. The maximum Gasteiger partial charge on any atom is 0.166 e. The summed E-state index contributed by atoms with van der Waals surface area (Å²) in [6.45, 7) is 6.39. The molecule has 5 rings (SSSR count). The van der Waals surface area contributed by atoms with Crippen molar-refractivity contribution in [3.63, 3.8) is 0 Å². The molecule has 3 aromatic rings. The van der Waals surface area contributed by atoms with Crippen LogP contribution in [-0.4, -0.2) is 48.2 Å². The fourth-order valence-electron chi connectivity index (χ4n) is 4.97. The van der Waals surface area contributed by atoms with E-state index in [-0.39, 0.29) is 10.7 Å². The molecular weight excluding hydrogens is 511 g/mol. The van der Waals surface area contributed by atoms with Gasteiger partial charge in [0.05, 0.1) is 29.9 Å². The highest BCUT2D eigenvalue weighted by atomic mass is 79.9. The number of nitrogens with zero attached hydrogens (tertiary/aromatic N) is 3. The SMILES string of the molecule is CCN1C[C@@H]2C[C@H](COc3cc4ncnc(Nc5ccc(Br)c(Cl)c5F)c4cc3OC)[C@@H]2C1. The molecule has 2 aromatic carbocycles. The maximum absolute atomic E-state index is 14.6. The predicted molar refractivity (Wildman–Crippen MR) is 131 cm³/mol. The van der Waals surface area contributed by atoms with E-state index in [1.807, 2.05) is 12.1 Å². The van der Waals surface area contributed by atoms with Crippen LogP contribution in [0.3, 0.4) is 0 Å². The molecule has 9 heteroatoms. The normalized spacial score (nSPS) is 22.2. The Morgan fingerprint density at radius 3 is 2.88 bits per heavy atom. The van der Waals surface area contributed by atoms with Crippen molar-refractivity contribution in [2.75, 3.05) is 38.7 Å². The van der Waals surface area contributed by atoms with Crippen LogP contribution in [0, 0.1) is 23.6 Å². The Bertz CT molecular complexity index is 1200. The largest absolute Gasteiger partial charge is 0.493 e. The van der Waals surface area contributed by atoms with Crippen LogP contribution in [0.2, 0.25) is 5.02 Å². The summed E-state index contributed by atoms with van der Waals surface area (Å²) in [5.74, 6) is 3.24. The van der Waals surface area contributed by atoms with Gasteiger partial charge in [-0.15, -0.1) is 0 Å². The smallest absolute Gasteiger partial charge is 0.166 e. The number of hydrogen-bond donors (Lipinski definition) is 1. The summed E-state index contributed by atoms with van der Waals surface area (Å²) < 4.78 is 26.9. The Balaban J connectivity index is 1.37. The lowest BCUT2D eigenvalue weighted by atomic mass is 9.67. The number of fused-ring (bicyclic) bond motifs is 2. The highest BCUT2D eigenvalue weighted by Crippen LogP contribution is 2.46. The molecule has 174 valence electrons. The van der Waals surface area contributed by atoms with Gasteiger partial charge in [0.2, 0.25) is 0 Å². The van der Waals surface area contributed by atoms with E-state index in [1.165, 1.54) is 25.8 Å². The van der Waals surface area contributed by atoms with Gasteiger partial charge in [-0.25, -0.2) is 14.4 Å². The zero-order chi connectivity index (χ0) is 23.1. The minimum atomic E-state index is -0.558. The maximum atomic E-state index is 14.6. The van der Waals surface area contributed by atoms with Crippen molar-refractivity contribution in [1.82, 2.24) is 14.9 Å². The van der Waals surface area contributed by atoms with Crippen molar-refractivity contribution in [1.29, 1.82) is 0 Å². The zero-order valence-corrected chi connectivity index (χ0v) is 20.8. The Morgan fingerprint density at radius 2 is 2.09 bits per heavy atom. The van der Waals surface area contributed by atoms with Gasteiger partial charge in [-0.1, -0.05) is 18.5 Å². The van der Waals surface area contributed by atoms with Crippen molar-refractivity contribution in [2.45, 2.75) is 13.3 Å². The summed E-state index contributed by atoms with van der Waals surface area (Å²) in [5.41, 5.74) is 0.899. The molecule has 1 aromatic heterocycles. The minimum Gasteiger partial charge on any atom is -0.493 e. The standard InChI is InChI=1S/C24H25BrClFN4O2/c1-3-31-9-13-6-14(16(13)10-31)11-33-21-8-19-15(7-20(21)32-2)24(29-12-28-19)30-18-5-4-17(25)22(26)23(18)27/h4-5,7-8,12-14,16H,3,6,9-11H2,1-2H3,(H,28,29,30)/t13-,14+,16+/m0/s1. The molecule has 1 aliphatic heterocycles. The number of halogens is 3. The van der Waals surface area contributed by atoms with Gasteiger partial charge in [0, 0.05) is 29.0 Å². The molecular formula is C24H25BrClFN4O2. The van der Waals surface area contributed by atoms with Crippen molar-refractivity contribution >= 4 is 49.9 Å². The van der Waals surface area contributed by atoms with Gasteiger partial charge in [0.25, 0.3) is 0 Å². The molecule has 3 atom stereocenters. The second kappa shape index (κ2) is 9.24. The molecule has 33 heavy (non-hydrogen) atoms. The number of nitrogens with one attached hydrogen (secondary N) is 1. The molecule has 0 bridgehead atoms. The quantitative estimate of drug-likeness (QED) is 0.380. The molecule has 2 fully saturated rings. The Hall–Kier alpha value is -2.16. The third-order valence-corrected chi connectivity index (χ3v) is 8.15. The molecule has 6 nitrogen and oxygen atoms in total. The topological polar surface area (TPSA) is 59.5 Å². The fraction of sp³-hybridized carbons (Fsp3) is 0.417.